The fraction of sp³-hybridized carbons (Fsp3) is 0.560. The normalized spacial score (nSPS) is 25.5. The summed E-state index contributed by atoms with van der Waals surface area (Å²) in [6.45, 7) is 6.99. The van der Waals surface area contributed by atoms with E-state index in [0.717, 1.165) is 24.8 Å². The van der Waals surface area contributed by atoms with E-state index in [1.165, 1.54) is 17.8 Å². The number of nitrogens with two attached hydrogens (primary N) is 2. The second-order valence-electron chi connectivity index (χ2n) is 10.0. The van der Waals surface area contributed by atoms with Crippen molar-refractivity contribution in [3.8, 4) is 5.75 Å². The molecule has 13 nitrogen and oxygen atoms in total. The SMILES string of the molecule is CCCCc1ccccc1O[P@](=O)(N[C@@H](C)CC)OC[C@H]1O[C@@H](n2cnc3c(N)nc(N)nc32)C(C)(O)[C@H]1O. The highest BCUT2D eigenvalue weighted by Crippen LogP contribution is 2.48. The van der Waals surface area contributed by atoms with E-state index in [-0.39, 0.29) is 35.6 Å². The Morgan fingerprint density at radius 1 is 1.28 bits per heavy atom. The van der Waals surface area contributed by atoms with E-state index in [4.69, 9.17) is 25.3 Å². The van der Waals surface area contributed by atoms with Crippen LogP contribution in [0.4, 0.5) is 11.8 Å². The first-order chi connectivity index (χ1) is 18.5. The minimum absolute atomic E-state index is 0.0720. The molecular formula is C25H38N7O6P. The first-order valence-electron chi connectivity index (χ1n) is 13.1. The number of rotatable bonds is 12. The predicted molar refractivity (Wildman–Crippen MR) is 147 cm³/mol. The van der Waals surface area contributed by atoms with E-state index in [1.807, 2.05) is 32.0 Å². The summed E-state index contributed by atoms with van der Waals surface area (Å²) in [6.07, 6.45) is 1.16. The van der Waals surface area contributed by atoms with Gasteiger partial charge in [-0.1, -0.05) is 38.5 Å². The van der Waals surface area contributed by atoms with Gasteiger partial charge in [0, 0.05) is 6.04 Å². The van der Waals surface area contributed by atoms with Gasteiger partial charge in [0.25, 0.3) is 0 Å². The Bertz CT molecular complexity index is 1340. The monoisotopic (exact) mass is 563 g/mol. The Balaban J connectivity index is 1.56. The van der Waals surface area contributed by atoms with Crippen LogP contribution in [0.5, 0.6) is 5.75 Å². The molecule has 0 radical (unpaired) electrons. The van der Waals surface area contributed by atoms with Crippen molar-refractivity contribution in [2.45, 2.75) is 83.5 Å². The molecule has 1 unspecified atom stereocenters. The molecule has 1 aliphatic rings. The predicted octanol–water partition coefficient (Wildman–Crippen LogP) is 2.93. The third kappa shape index (κ3) is 6.19. The van der Waals surface area contributed by atoms with Crippen LogP contribution < -0.4 is 21.1 Å². The molecule has 7 N–H and O–H groups in total. The molecule has 3 heterocycles. The van der Waals surface area contributed by atoms with Crippen molar-refractivity contribution in [1.82, 2.24) is 24.6 Å². The standard InChI is InChI=1S/C25H38N7O6P/c1-5-7-10-16-11-8-9-12-17(16)38-39(35,31-15(3)6-2)36-13-18-20(33)25(4,34)23(37-18)32-14-28-19-21(26)29-24(27)30-22(19)32/h8-9,11-12,14-15,18,20,23,33-34H,5-7,10,13H2,1-4H3,(H,31,35)(H4,26,27,29,30)/t15-,18+,20-,23+,25?,39-/m0/s1. The van der Waals surface area contributed by atoms with Crippen molar-refractivity contribution < 1.29 is 28.6 Å². The van der Waals surface area contributed by atoms with Crippen LogP contribution in [-0.2, 0) is 20.2 Å². The summed E-state index contributed by atoms with van der Waals surface area (Å²) < 4.78 is 33.2. The number of para-hydroxylation sites is 1. The molecule has 214 valence electrons. The van der Waals surface area contributed by atoms with Crippen molar-refractivity contribution in [2.75, 3.05) is 18.1 Å². The third-order valence-electron chi connectivity index (χ3n) is 6.86. The molecule has 0 bridgehead atoms. The molecule has 1 fully saturated rings. The number of aromatic nitrogens is 4. The maximum absolute atomic E-state index is 13.9. The number of nitrogen functional groups attached to an aromatic ring is 2. The largest absolute Gasteiger partial charge is 0.459 e. The summed E-state index contributed by atoms with van der Waals surface area (Å²) >= 11 is 0. The number of imidazole rings is 1. The van der Waals surface area contributed by atoms with E-state index in [9.17, 15) is 14.8 Å². The second kappa shape index (κ2) is 11.7. The molecule has 39 heavy (non-hydrogen) atoms. The van der Waals surface area contributed by atoms with Gasteiger partial charge in [0.2, 0.25) is 5.95 Å². The molecule has 6 atom stereocenters. The molecule has 1 saturated heterocycles. The van der Waals surface area contributed by atoms with Gasteiger partial charge in [-0.3, -0.25) is 9.09 Å². The van der Waals surface area contributed by atoms with Gasteiger partial charge in [0.15, 0.2) is 17.7 Å². The highest BCUT2D eigenvalue weighted by molar-refractivity contribution is 7.52. The third-order valence-corrected chi connectivity index (χ3v) is 8.55. The molecule has 0 amide bonds. The molecular weight excluding hydrogens is 525 g/mol. The van der Waals surface area contributed by atoms with Gasteiger partial charge in [0.1, 0.15) is 29.1 Å². The molecule has 0 spiro atoms. The first-order valence-corrected chi connectivity index (χ1v) is 14.6. The van der Waals surface area contributed by atoms with E-state index in [1.54, 1.807) is 6.07 Å². The number of unbranched alkanes of at least 4 members (excludes halogenated alkanes) is 1. The molecule has 0 aliphatic carbocycles. The van der Waals surface area contributed by atoms with Gasteiger partial charge in [-0.2, -0.15) is 9.97 Å². The number of anilines is 2. The summed E-state index contributed by atoms with van der Waals surface area (Å²) in [6, 6.07) is 7.22. The number of aliphatic hydroxyl groups excluding tert-OH is 1. The second-order valence-corrected chi connectivity index (χ2v) is 11.7. The van der Waals surface area contributed by atoms with Gasteiger partial charge < -0.3 is 30.9 Å². The Morgan fingerprint density at radius 2 is 2.03 bits per heavy atom. The maximum Gasteiger partial charge on any atom is 0.459 e. The highest BCUT2D eigenvalue weighted by Gasteiger charge is 2.54. The molecule has 3 aromatic rings. The molecule has 1 aliphatic heterocycles. The van der Waals surface area contributed by atoms with E-state index in [2.05, 4.69) is 27.0 Å². The van der Waals surface area contributed by atoms with Gasteiger partial charge in [-0.05, 0) is 44.7 Å². The Labute approximate surface area is 227 Å². The average Bonchev–Trinajstić information content (AvgIpc) is 3.40. The number of nitrogens with one attached hydrogen (secondary N) is 1. The molecule has 14 heteroatoms. The zero-order chi connectivity index (χ0) is 28.4. The smallest absolute Gasteiger partial charge is 0.413 e. The lowest BCUT2D eigenvalue weighted by Crippen LogP contribution is -2.44. The molecule has 4 rings (SSSR count). The Kier molecular flexibility index (Phi) is 8.79. The fourth-order valence-corrected chi connectivity index (χ4v) is 6.11. The summed E-state index contributed by atoms with van der Waals surface area (Å²) in [4.78, 5) is 12.3. The minimum atomic E-state index is -3.92. The Hall–Kier alpha value is -2.80. The lowest BCUT2D eigenvalue weighted by Gasteiger charge is -2.27. The van der Waals surface area contributed by atoms with Crippen LogP contribution >= 0.6 is 7.75 Å². The summed E-state index contributed by atoms with van der Waals surface area (Å²) in [7, 11) is -3.92. The number of aryl methyl sites for hydroxylation is 1. The number of aliphatic hydroxyl groups is 2. The van der Waals surface area contributed by atoms with Crippen LogP contribution in [0.25, 0.3) is 11.2 Å². The van der Waals surface area contributed by atoms with Gasteiger partial charge >= 0.3 is 7.75 Å². The van der Waals surface area contributed by atoms with Crippen LogP contribution in [-0.4, -0.2) is 60.2 Å². The van der Waals surface area contributed by atoms with E-state index in [0.29, 0.717) is 12.2 Å². The summed E-state index contributed by atoms with van der Waals surface area (Å²) in [5.74, 6) is 0.457. The van der Waals surface area contributed by atoms with Crippen molar-refractivity contribution in [3.05, 3.63) is 36.2 Å². The van der Waals surface area contributed by atoms with Crippen LogP contribution in [0.1, 0.15) is 58.7 Å². The van der Waals surface area contributed by atoms with Crippen LogP contribution in [0.15, 0.2) is 30.6 Å². The Morgan fingerprint density at radius 3 is 2.74 bits per heavy atom. The average molecular weight is 564 g/mol. The number of nitrogens with zero attached hydrogens (tertiary/aromatic N) is 4. The number of benzene rings is 1. The quantitative estimate of drug-likeness (QED) is 0.203. The van der Waals surface area contributed by atoms with Gasteiger partial charge in [-0.15, -0.1) is 0 Å². The minimum Gasteiger partial charge on any atom is -0.413 e. The summed E-state index contributed by atoms with van der Waals surface area (Å²) in [5, 5.41) is 25.2. The van der Waals surface area contributed by atoms with Gasteiger partial charge in [0.05, 0.1) is 12.9 Å². The van der Waals surface area contributed by atoms with E-state index >= 15 is 0 Å². The summed E-state index contributed by atoms with van der Waals surface area (Å²) in [5.41, 5.74) is 11.3. The molecule has 2 aromatic heterocycles. The van der Waals surface area contributed by atoms with Crippen LogP contribution in [0.3, 0.4) is 0 Å². The lowest BCUT2D eigenvalue weighted by atomic mass is 9.96. The molecule has 0 saturated carbocycles. The zero-order valence-electron chi connectivity index (χ0n) is 22.6. The van der Waals surface area contributed by atoms with Crippen molar-refractivity contribution in [1.29, 1.82) is 0 Å². The first kappa shape index (κ1) is 29.2. The number of hydrogen-bond acceptors (Lipinski definition) is 11. The van der Waals surface area contributed by atoms with Crippen LogP contribution in [0.2, 0.25) is 0 Å². The lowest BCUT2D eigenvalue weighted by molar-refractivity contribution is -0.0948. The van der Waals surface area contributed by atoms with E-state index < -0.39 is 31.8 Å². The number of hydrogen-bond donors (Lipinski definition) is 5. The van der Waals surface area contributed by atoms with Gasteiger partial charge in [-0.25, -0.2) is 14.6 Å². The molecule has 1 aromatic carbocycles. The maximum atomic E-state index is 13.9. The number of ether oxygens (including phenoxy) is 1. The highest BCUT2D eigenvalue weighted by atomic mass is 31.2. The zero-order valence-corrected chi connectivity index (χ0v) is 23.5. The van der Waals surface area contributed by atoms with Crippen molar-refractivity contribution >= 4 is 30.7 Å². The number of fused-ring (bicyclic) bond motifs is 1. The topological polar surface area (TPSA) is 193 Å². The fourth-order valence-electron chi connectivity index (χ4n) is 4.42. The van der Waals surface area contributed by atoms with Crippen molar-refractivity contribution in [3.63, 3.8) is 0 Å². The van der Waals surface area contributed by atoms with Crippen molar-refractivity contribution in [2.24, 2.45) is 0 Å². The van der Waals surface area contributed by atoms with Crippen LogP contribution in [0, 0.1) is 0 Å².